The SMILES string of the molecule is O=C1C[C@@](Sc2ccccc2)(C(=O)NCCCN2CCOCC2)[C@@H](c2c[nH]c3cc(F)ccc23)N1Cc1ccc(Cl)cc1. The Morgan fingerprint density at radius 3 is 2.63 bits per heavy atom. The Labute approximate surface area is 259 Å². The van der Waals surface area contributed by atoms with Gasteiger partial charge in [-0.25, -0.2) is 4.39 Å². The van der Waals surface area contributed by atoms with Crippen LogP contribution < -0.4 is 5.32 Å². The van der Waals surface area contributed by atoms with E-state index in [1.54, 1.807) is 23.1 Å². The van der Waals surface area contributed by atoms with Crippen LogP contribution in [-0.4, -0.2) is 70.7 Å². The van der Waals surface area contributed by atoms with E-state index < -0.39 is 10.8 Å². The van der Waals surface area contributed by atoms with E-state index in [-0.39, 0.29) is 24.1 Å². The van der Waals surface area contributed by atoms with Crippen molar-refractivity contribution in [1.82, 2.24) is 20.1 Å². The first-order valence-electron chi connectivity index (χ1n) is 14.6. The average Bonchev–Trinajstić information content (AvgIpc) is 3.54. The second-order valence-corrected chi connectivity index (χ2v) is 12.9. The zero-order chi connectivity index (χ0) is 29.8. The number of aromatic nitrogens is 1. The molecule has 224 valence electrons. The van der Waals surface area contributed by atoms with Crippen LogP contribution in [0.3, 0.4) is 0 Å². The van der Waals surface area contributed by atoms with E-state index in [4.69, 9.17) is 16.3 Å². The molecule has 0 bridgehead atoms. The maximum Gasteiger partial charge on any atom is 0.239 e. The highest BCUT2D eigenvalue weighted by Gasteiger charge is 2.58. The van der Waals surface area contributed by atoms with E-state index in [0.29, 0.717) is 23.6 Å². The van der Waals surface area contributed by atoms with Crippen LogP contribution in [0.25, 0.3) is 10.9 Å². The van der Waals surface area contributed by atoms with Crippen molar-refractivity contribution in [3.05, 3.63) is 101 Å². The molecule has 2 atom stereocenters. The maximum atomic E-state index is 14.5. The number of thioether (sulfide) groups is 1. The number of hydrogen-bond donors (Lipinski definition) is 2. The smallest absolute Gasteiger partial charge is 0.239 e. The number of likely N-dealkylation sites (tertiary alicyclic amines) is 1. The van der Waals surface area contributed by atoms with Crippen LogP contribution in [0, 0.1) is 5.82 Å². The molecule has 4 aromatic rings. The molecule has 2 N–H and O–H groups in total. The third-order valence-corrected chi connectivity index (χ3v) is 9.87. The van der Waals surface area contributed by atoms with Crippen molar-refractivity contribution in [2.45, 2.75) is 35.1 Å². The Kier molecular flexibility index (Phi) is 9.04. The topological polar surface area (TPSA) is 77.7 Å². The quantitative estimate of drug-likeness (QED) is 0.219. The van der Waals surface area contributed by atoms with Gasteiger partial charge in [-0.3, -0.25) is 14.5 Å². The van der Waals surface area contributed by atoms with Crippen molar-refractivity contribution in [2.75, 3.05) is 39.4 Å². The van der Waals surface area contributed by atoms with Gasteiger partial charge in [-0.2, -0.15) is 0 Å². The number of nitrogens with zero attached hydrogens (tertiary/aromatic N) is 2. The zero-order valence-corrected chi connectivity index (χ0v) is 25.3. The number of carbonyl (C=O) groups is 2. The summed E-state index contributed by atoms with van der Waals surface area (Å²) >= 11 is 7.57. The molecule has 3 aromatic carbocycles. The zero-order valence-electron chi connectivity index (χ0n) is 23.7. The molecule has 1 aromatic heterocycles. The predicted molar refractivity (Wildman–Crippen MR) is 168 cm³/mol. The van der Waals surface area contributed by atoms with Gasteiger partial charge in [0.2, 0.25) is 11.8 Å². The second-order valence-electron chi connectivity index (χ2n) is 11.0. The van der Waals surface area contributed by atoms with Crippen molar-refractivity contribution >= 4 is 46.1 Å². The van der Waals surface area contributed by atoms with Crippen molar-refractivity contribution in [1.29, 1.82) is 0 Å². The van der Waals surface area contributed by atoms with Crippen LogP contribution in [0.1, 0.15) is 30.0 Å². The largest absolute Gasteiger partial charge is 0.379 e. The number of halogens is 2. The number of amides is 2. The van der Waals surface area contributed by atoms with Gasteiger partial charge >= 0.3 is 0 Å². The van der Waals surface area contributed by atoms with E-state index in [2.05, 4.69) is 15.2 Å². The number of carbonyl (C=O) groups excluding carboxylic acids is 2. The first kappa shape index (κ1) is 29.7. The Morgan fingerprint density at radius 2 is 1.86 bits per heavy atom. The molecule has 0 unspecified atom stereocenters. The molecule has 7 nitrogen and oxygen atoms in total. The average molecular weight is 621 g/mol. The van der Waals surface area contributed by atoms with E-state index in [1.807, 2.05) is 48.7 Å². The van der Waals surface area contributed by atoms with Gasteiger partial charge in [0.25, 0.3) is 0 Å². The highest BCUT2D eigenvalue weighted by atomic mass is 35.5. The molecular weight excluding hydrogens is 587 g/mol. The van der Waals surface area contributed by atoms with Gasteiger partial charge in [0.1, 0.15) is 10.6 Å². The van der Waals surface area contributed by atoms with E-state index >= 15 is 0 Å². The third kappa shape index (κ3) is 6.45. The molecule has 0 spiro atoms. The molecule has 2 amide bonds. The summed E-state index contributed by atoms with van der Waals surface area (Å²) in [5.74, 6) is -0.663. The molecule has 2 saturated heterocycles. The number of fused-ring (bicyclic) bond motifs is 1. The van der Waals surface area contributed by atoms with Crippen LogP contribution in [-0.2, 0) is 20.9 Å². The number of aromatic amines is 1. The number of hydrogen-bond acceptors (Lipinski definition) is 5. The Morgan fingerprint density at radius 1 is 1.09 bits per heavy atom. The van der Waals surface area contributed by atoms with Crippen molar-refractivity contribution < 1.29 is 18.7 Å². The molecule has 6 rings (SSSR count). The highest BCUT2D eigenvalue weighted by molar-refractivity contribution is 8.01. The van der Waals surface area contributed by atoms with Crippen LogP contribution in [0.2, 0.25) is 5.02 Å². The maximum absolute atomic E-state index is 14.5. The first-order chi connectivity index (χ1) is 20.9. The van der Waals surface area contributed by atoms with Crippen molar-refractivity contribution in [2.24, 2.45) is 0 Å². The minimum Gasteiger partial charge on any atom is -0.379 e. The fourth-order valence-electron chi connectivity index (χ4n) is 6.07. The Hall–Kier alpha value is -3.37. The van der Waals surface area contributed by atoms with Crippen LogP contribution in [0.4, 0.5) is 4.39 Å². The van der Waals surface area contributed by atoms with E-state index in [1.165, 1.54) is 23.9 Å². The lowest BCUT2D eigenvalue weighted by atomic mass is 9.91. The number of benzene rings is 3. The first-order valence-corrected chi connectivity index (χ1v) is 15.8. The summed E-state index contributed by atoms with van der Waals surface area (Å²) in [6.45, 7) is 4.89. The van der Waals surface area contributed by atoms with E-state index in [9.17, 15) is 14.0 Å². The van der Waals surface area contributed by atoms with Gasteiger partial charge in [-0.15, -0.1) is 11.8 Å². The highest BCUT2D eigenvalue weighted by Crippen LogP contribution is 2.54. The molecule has 0 saturated carbocycles. The van der Waals surface area contributed by atoms with Gasteiger partial charge in [-0.05, 0) is 61.0 Å². The van der Waals surface area contributed by atoms with Crippen molar-refractivity contribution in [3.63, 3.8) is 0 Å². The molecule has 0 radical (unpaired) electrons. The van der Waals surface area contributed by atoms with Gasteiger partial charge < -0.3 is 19.9 Å². The van der Waals surface area contributed by atoms with Crippen molar-refractivity contribution in [3.8, 4) is 0 Å². The summed E-state index contributed by atoms with van der Waals surface area (Å²) in [4.78, 5) is 36.7. The lowest BCUT2D eigenvalue weighted by molar-refractivity contribution is -0.129. The summed E-state index contributed by atoms with van der Waals surface area (Å²) in [5, 5.41) is 4.59. The molecule has 43 heavy (non-hydrogen) atoms. The predicted octanol–water partition coefficient (Wildman–Crippen LogP) is 5.80. The molecule has 2 aliphatic heterocycles. The molecule has 0 aliphatic carbocycles. The monoisotopic (exact) mass is 620 g/mol. The fourth-order valence-corrected chi connectivity index (χ4v) is 7.64. The minimum absolute atomic E-state index is 0.0218. The molecular formula is C33H34ClFN4O3S. The summed E-state index contributed by atoms with van der Waals surface area (Å²) in [7, 11) is 0. The van der Waals surface area contributed by atoms with Crippen LogP contribution in [0.5, 0.6) is 0 Å². The molecule has 2 fully saturated rings. The summed E-state index contributed by atoms with van der Waals surface area (Å²) in [6, 6.07) is 21.1. The lowest BCUT2D eigenvalue weighted by Crippen LogP contribution is -2.48. The summed E-state index contributed by atoms with van der Waals surface area (Å²) < 4.78 is 18.5. The number of ether oxygens (including phenoxy) is 1. The van der Waals surface area contributed by atoms with Gasteiger partial charge in [0.05, 0.1) is 25.7 Å². The second kappa shape index (κ2) is 13.1. The van der Waals surface area contributed by atoms with Gasteiger partial charge in [0.15, 0.2) is 0 Å². The number of morpholine rings is 1. The minimum atomic E-state index is -1.17. The van der Waals surface area contributed by atoms with E-state index in [0.717, 1.165) is 60.7 Å². The molecule has 2 aliphatic rings. The van der Waals surface area contributed by atoms with Gasteiger partial charge in [0, 0.05) is 58.8 Å². The number of rotatable bonds is 10. The Balaban J connectivity index is 1.38. The molecule has 10 heteroatoms. The molecule has 3 heterocycles. The van der Waals surface area contributed by atoms with Gasteiger partial charge in [-0.1, -0.05) is 41.9 Å². The number of nitrogens with one attached hydrogen (secondary N) is 2. The lowest BCUT2D eigenvalue weighted by Gasteiger charge is -2.36. The standard InChI is InChI=1S/C33H34ClFN4O3S/c34-24-9-7-23(8-10-24)22-39-30(40)20-33(43-26-5-2-1-3-6-26,32(41)36-13-4-14-38-15-17-42-18-16-38)31(39)28-21-37-29-19-25(35)11-12-27(28)29/h1-3,5-12,19,21,31,37H,4,13-18,20,22H2,(H,36,41)/t31-,33+/m1/s1. The van der Waals surface area contributed by atoms with Crippen LogP contribution >= 0.6 is 23.4 Å². The van der Waals surface area contributed by atoms with Crippen LogP contribution in [0.15, 0.2) is 83.9 Å². The summed E-state index contributed by atoms with van der Waals surface area (Å²) in [6.07, 6.45) is 2.62. The normalized spacial score (nSPS) is 21.0. The Bertz CT molecular complexity index is 1580. The number of H-pyrrole nitrogens is 1. The third-order valence-electron chi connectivity index (χ3n) is 8.19. The summed E-state index contributed by atoms with van der Waals surface area (Å²) in [5.41, 5.74) is 2.30. The fraction of sp³-hybridized carbons (Fsp3) is 0.333.